The molecule has 0 aliphatic rings. The van der Waals surface area contributed by atoms with Gasteiger partial charge in [-0.15, -0.1) is 0 Å². The Balaban J connectivity index is 5.18. The number of carbonyl (C=O) groups excluding carboxylic acids is 2. The summed E-state index contributed by atoms with van der Waals surface area (Å²) in [4.78, 5) is 22.9. The minimum Gasteiger partial charge on any atom is -0.457 e. The predicted molar refractivity (Wildman–Crippen MR) is 92.0 cm³/mol. The highest BCUT2D eigenvalue weighted by Crippen LogP contribution is 2.29. The molecule has 0 saturated heterocycles. The number of esters is 2. The van der Waals surface area contributed by atoms with Gasteiger partial charge in [-0.3, -0.25) is 9.59 Å². The third kappa shape index (κ3) is 9.13. The van der Waals surface area contributed by atoms with Crippen LogP contribution in [0.15, 0.2) is 11.6 Å². The molecule has 0 aromatic carbocycles. The second-order valence-corrected chi connectivity index (χ2v) is 7.82. The summed E-state index contributed by atoms with van der Waals surface area (Å²) in [6.45, 7) is 12.9. The van der Waals surface area contributed by atoms with Crippen LogP contribution in [0.5, 0.6) is 0 Å². The fourth-order valence-electron chi connectivity index (χ4n) is 2.07. The molecule has 0 N–H and O–H groups in total. The molecule has 2 atom stereocenters. The second kappa shape index (κ2) is 9.93. The van der Waals surface area contributed by atoms with Crippen LogP contribution in [0, 0.1) is 0 Å². The van der Waals surface area contributed by atoms with Crippen molar-refractivity contribution in [1.82, 2.24) is 0 Å². The molecule has 0 aliphatic carbocycles. The van der Waals surface area contributed by atoms with E-state index in [0.29, 0.717) is 17.4 Å². The molecule has 0 unspecified atom stereocenters. The van der Waals surface area contributed by atoms with Crippen LogP contribution in [0.4, 0.5) is 0 Å². The molecule has 0 radical (unpaired) electrons. The van der Waals surface area contributed by atoms with Gasteiger partial charge in [0, 0.05) is 19.6 Å². The number of hydrogen-bond acceptors (Lipinski definition) is 5. The Morgan fingerprint density at radius 2 is 1.73 bits per heavy atom. The van der Waals surface area contributed by atoms with E-state index in [2.05, 4.69) is 19.9 Å². The lowest BCUT2D eigenvalue weighted by Gasteiger charge is -2.36. The van der Waals surface area contributed by atoms with E-state index >= 15 is 0 Å². The van der Waals surface area contributed by atoms with Gasteiger partial charge in [-0.1, -0.05) is 25.5 Å². The normalized spacial score (nSPS) is 14.9. The van der Waals surface area contributed by atoms with Gasteiger partial charge in [0.2, 0.25) is 0 Å². The Morgan fingerprint density at radius 3 is 2.14 bits per heavy atom. The number of thioether (sulfide) groups is 1. The summed E-state index contributed by atoms with van der Waals surface area (Å²) in [5.74, 6) is -0.100. The maximum absolute atomic E-state index is 11.5. The molecule has 0 bridgehead atoms. The van der Waals surface area contributed by atoms with Crippen molar-refractivity contribution in [2.75, 3.05) is 5.75 Å². The van der Waals surface area contributed by atoms with Crippen LogP contribution in [0.3, 0.4) is 0 Å². The van der Waals surface area contributed by atoms with Crippen molar-refractivity contribution in [1.29, 1.82) is 0 Å². The summed E-state index contributed by atoms with van der Waals surface area (Å²) < 4.78 is 11.0. The SMILES string of the molecule is CC(=O)O[C@H](CSC(C)C)[C@](C)(CCC=C(C)C)OC(C)=O. The van der Waals surface area contributed by atoms with Gasteiger partial charge in [-0.05, 0) is 38.9 Å². The van der Waals surface area contributed by atoms with Crippen molar-refractivity contribution >= 4 is 23.7 Å². The molecule has 5 heteroatoms. The molecule has 0 aromatic rings. The Labute approximate surface area is 139 Å². The lowest BCUT2D eigenvalue weighted by Crippen LogP contribution is -2.47. The maximum atomic E-state index is 11.5. The van der Waals surface area contributed by atoms with E-state index in [0.717, 1.165) is 6.42 Å². The molecule has 0 amide bonds. The van der Waals surface area contributed by atoms with E-state index < -0.39 is 11.7 Å². The molecule has 0 rings (SSSR count). The zero-order valence-electron chi connectivity index (χ0n) is 14.9. The summed E-state index contributed by atoms with van der Waals surface area (Å²) in [5.41, 5.74) is 0.400. The number of carbonyl (C=O) groups is 2. The number of hydrogen-bond donors (Lipinski definition) is 0. The molecule has 0 fully saturated rings. The highest BCUT2D eigenvalue weighted by Gasteiger charge is 2.39. The molecule has 0 saturated carbocycles. The number of allylic oxidation sites excluding steroid dienone is 2. The highest BCUT2D eigenvalue weighted by atomic mass is 32.2. The van der Waals surface area contributed by atoms with Crippen LogP contribution < -0.4 is 0 Å². The van der Waals surface area contributed by atoms with E-state index in [4.69, 9.17) is 9.47 Å². The van der Waals surface area contributed by atoms with Gasteiger partial charge in [-0.2, -0.15) is 11.8 Å². The summed E-state index contributed by atoms with van der Waals surface area (Å²) in [7, 11) is 0. The lowest BCUT2D eigenvalue weighted by atomic mass is 9.93. The van der Waals surface area contributed by atoms with Crippen LogP contribution in [0.25, 0.3) is 0 Å². The van der Waals surface area contributed by atoms with Crippen LogP contribution in [0.1, 0.15) is 61.3 Å². The highest BCUT2D eigenvalue weighted by molar-refractivity contribution is 7.99. The van der Waals surface area contributed by atoms with E-state index in [-0.39, 0.29) is 11.9 Å². The molecule has 128 valence electrons. The Kier molecular flexibility index (Phi) is 9.49. The Morgan fingerprint density at radius 1 is 1.14 bits per heavy atom. The summed E-state index contributed by atoms with van der Waals surface area (Å²) in [6, 6.07) is 0. The van der Waals surface area contributed by atoms with Gasteiger partial charge >= 0.3 is 11.9 Å². The van der Waals surface area contributed by atoms with E-state index in [9.17, 15) is 9.59 Å². The number of rotatable bonds is 9. The van der Waals surface area contributed by atoms with E-state index in [1.54, 1.807) is 11.8 Å². The average molecular weight is 330 g/mol. The van der Waals surface area contributed by atoms with Crippen molar-refractivity contribution in [2.24, 2.45) is 0 Å². The van der Waals surface area contributed by atoms with Gasteiger partial charge < -0.3 is 9.47 Å². The first-order valence-electron chi connectivity index (χ1n) is 7.68. The average Bonchev–Trinajstić information content (AvgIpc) is 2.32. The molecule has 0 aromatic heterocycles. The largest absolute Gasteiger partial charge is 0.457 e. The molecular weight excluding hydrogens is 300 g/mol. The predicted octanol–water partition coefficient (Wildman–Crippen LogP) is 4.13. The summed E-state index contributed by atoms with van der Waals surface area (Å²) in [5, 5.41) is 0.414. The third-order valence-corrected chi connectivity index (χ3v) is 4.30. The smallest absolute Gasteiger partial charge is 0.303 e. The molecule has 0 heterocycles. The topological polar surface area (TPSA) is 52.6 Å². The van der Waals surface area contributed by atoms with Gasteiger partial charge in [0.05, 0.1) is 0 Å². The second-order valence-electron chi connectivity index (χ2n) is 6.21. The number of ether oxygens (including phenoxy) is 2. The summed E-state index contributed by atoms with van der Waals surface area (Å²) in [6.07, 6.45) is 3.04. The lowest BCUT2D eigenvalue weighted by molar-refractivity contribution is -0.179. The van der Waals surface area contributed by atoms with Crippen molar-refractivity contribution in [2.45, 2.75) is 78.3 Å². The van der Waals surface area contributed by atoms with Crippen LogP contribution in [-0.2, 0) is 19.1 Å². The van der Waals surface area contributed by atoms with Crippen molar-refractivity contribution in [3.05, 3.63) is 11.6 Å². The Hall–Kier alpha value is -0.970. The monoisotopic (exact) mass is 330 g/mol. The third-order valence-electron chi connectivity index (χ3n) is 3.14. The Bertz CT molecular complexity index is 399. The standard InChI is InChI=1S/C17H30O4S/c1-12(2)9-8-10-17(7,21-15(6)19)16(20-14(5)18)11-22-13(3)4/h9,13,16H,8,10-11H2,1-7H3/t16-,17+/m1/s1. The van der Waals surface area contributed by atoms with Crippen molar-refractivity contribution < 1.29 is 19.1 Å². The minimum absolute atomic E-state index is 0.352. The van der Waals surface area contributed by atoms with Crippen LogP contribution in [-0.4, -0.2) is 34.6 Å². The molecular formula is C17H30O4S. The maximum Gasteiger partial charge on any atom is 0.303 e. The first kappa shape index (κ1) is 21.0. The van der Waals surface area contributed by atoms with Gasteiger partial charge in [0.15, 0.2) is 6.10 Å². The molecule has 0 aliphatic heterocycles. The van der Waals surface area contributed by atoms with E-state index in [1.165, 1.54) is 19.4 Å². The van der Waals surface area contributed by atoms with Gasteiger partial charge in [0.25, 0.3) is 0 Å². The molecule has 4 nitrogen and oxygen atoms in total. The van der Waals surface area contributed by atoms with Crippen LogP contribution in [0.2, 0.25) is 0 Å². The molecule has 0 spiro atoms. The van der Waals surface area contributed by atoms with Gasteiger partial charge in [-0.25, -0.2) is 0 Å². The zero-order valence-corrected chi connectivity index (χ0v) is 15.7. The molecule has 22 heavy (non-hydrogen) atoms. The fraction of sp³-hybridized carbons (Fsp3) is 0.765. The van der Waals surface area contributed by atoms with Crippen LogP contribution >= 0.6 is 11.8 Å². The quantitative estimate of drug-likeness (QED) is 0.470. The van der Waals surface area contributed by atoms with Gasteiger partial charge in [0.1, 0.15) is 5.60 Å². The fourth-order valence-corrected chi connectivity index (χ4v) is 3.05. The van der Waals surface area contributed by atoms with Crippen molar-refractivity contribution in [3.63, 3.8) is 0 Å². The first-order chi connectivity index (χ1) is 10.1. The minimum atomic E-state index is -0.814. The van der Waals surface area contributed by atoms with E-state index in [1.807, 2.05) is 20.8 Å². The van der Waals surface area contributed by atoms with Crippen molar-refractivity contribution in [3.8, 4) is 0 Å². The zero-order chi connectivity index (χ0) is 17.3. The summed E-state index contributed by atoms with van der Waals surface area (Å²) >= 11 is 1.69. The first-order valence-corrected chi connectivity index (χ1v) is 8.73.